The van der Waals surface area contributed by atoms with Gasteiger partial charge in [0.25, 0.3) is 5.91 Å². The van der Waals surface area contributed by atoms with E-state index in [1.165, 1.54) is 23.1 Å². The first-order chi connectivity index (χ1) is 11.4. The molecule has 0 saturated carbocycles. The Kier molecular flexibility index (Phi) is 4.34. The highest BCUT2D eigenvalue weighted by molar-refractivity contribution is 5.96. The first-order valence-corrected chi connectivity index (χ1v) is 7.83. The zero-order valence-corrected chi connectivity index (χ0v) is 13.2. The van der Waals surface area contributed by atoms with Gasteiger partial charge in [-0.3, -0.25) is 9.89 Å². The molecule has 1 aliphatic rings. The van der Waals surface area contributed by atoms with Crippen molar-refractivity contribution in [3.05, 3.63) is 52.8 Å². The second kappa shape index (κ2) is 6.30. The predicted molar refractivity (Wildman–Crippen MR) is 82.6 cm³/mol. The molecule has 0 bridgehead atoms. The minimum absolute atomic E-state index is 0.0469. The Balaban J connectivity index is 1.83. The van der Waals surface area contributed by atoms with Gasteiger partial charge < -0.3 is 4.90 Å². The molecular formula is C17H18F3N3O. The summed E-state index contributed by atoms with van der Waals surface area (Å²) in [7, 11) is 0. The van der Waals surface area contributed by atoms with Crippen molar-refractivity contribution in [3.8, 4) is 0 Å². The van der Waals surface area contributed by atoms with E-state index in [1.807, 2.05) is 13.0 Å². The SMILES string of the molecule is Cc1cc([C@H]2CCCN(C(=O)c3ccccc3C(F)(F)F)C2)n[nH]1. The van der Waals surface area contributed by atoms with Crippen LogP contribution in [0.15, 0.2) is 30.3 Å². The molecule has 1 N–H and O–H groups in total. The number of nitrogens with zero attached hydrogens (tertiary/aromatic N) is 2. The third kappa shape index (κ3) is 3.29. The molecule has 1 saturated heterocycles. The molecule has 1 aromatic heterocycles. The summed E-state index contributed by atoms with van der Waals surface area (Å²) in [6.45, 7) is 2.74. The lowest BCUT2D eigenvalue weighted by Gasteiger charge is -2.32. The maximum absolute atomic E-state index is 13.1. The number of carbonyl (C=O) groups is 1. The summed E-state index contributed by atoms with van der Waals surface area (Å²) in [5.74, 6) is -0.523. The van der Waals surface area contributed by atoms with Gasteiger partial charge in [0.15, 0.2) is 0 Å². The number of halogens is 3. The number of piperidine rings is 1. The van der Waals surface area contributed by atoms with E-state index >= 15 is 0 Å². The monoisotopic (exact) mass is 337 g/mol. The van der Waals surface area contributed by atoms with Gasteiger partial charge in [-0.1, -0.05) is 12.1 Å². The molecular weight excluding hydrogens is 319 g/mol. The minimum Gasteiger partial charge on any atom is -0.338 e. The maximum atomic E-state index is 13.1. The lowest BCUT2D eigenvalue weighted by atomic mass is 9.93. The summed E-state index contributed by atoms with van der Waals surface area (Å²) in [6, 6.07) is 6.87. The second-order valence-corrected chi connectivity index (χ2v) is 6.11. The van der Waals surface area contributed by atoms with Crippen molar-refractivity contribution in [2.24, 2.45) is 0 Å². The van der Waals surface area contributed by atoms with Gasteiger partial charge in [0.2, 0.25) is 0 Å². The number of hydrogen-bond donors (Lipinski definition) is 1. The number of aromatic amines is 1. The van der Waals surface area contributed by atoms with Crippen LogP contribution in [-0.2, 0) is 6.18 Å². The van der Waals surface area contributed by atoms with Crippen LogP contribution in [0.2, 0.25) is 0 Å². The smallest absolute Gasteiger partial charge is 0.338 e. The maximum Gasteiger partial charge on any atom is 0.417 e. The van der Waals surface area contributed by atoms with Crippen molar-refractivity contribution in [2.75, 3.05) is 13.1 Å². The van der Waals surface area contributed by atoms with Crippen molar-refractivity contribution >= 4 is 5.91 Å². The molecule has 128 valence electrons. The number of hydrogen-bond acceptors (Lipinski definition) is 2. The molecule has 1 aliphatic heterocycles. The Labute approximate surface area is 137 Å². The average molecular weight is 337 g/mol. The Morgan fingerprint density at radius 1 is 1.33 bits per heavy atom. The van der Waals surface area contributed by atoms with Crippen LogP contribution in [0, 0.1) is 6.92 Å². The standard InChI is InChI=1S/C17H18F3N3O/c1-11-9-15(22-21-11)12-5-4-8-23(10-12)16(24)13-6-2-3-7-14(13)17(18,19)20/h2-3,6-7,9,12H,4-5,8,10H2,1H3,(H,21,22)/t12-/m0/s1. The normalized spacial score (nSPS) is 18.7. The fourth-order valence-electron chi connectivity index (χ4n) is 3.14. The number of likely N-dealkylation sites (tertiary alicyclic amines) is 1. The Hall–Kier alpha value is -2.31. The molecule has 0 aliphatic carbocycles. The van der Waals surface area contributed by atoms with E-state index in [2.05, 4.69) is 10.2 Å². The summed E-state index contributed by atoms with van der Waals surface area (Å²) < 4.78 is 39.4. The fourth-order valence-corrected chi connectivity index (χ4v) is 3.14. The quantitative estimate of drug-likeness (QED) is 0.907. The predicted octanol–water partition coefficient (Wildman–Crippen LogP) is 3.76. The van der Waals surface area contributed by atoms with E-state index in [9.17, 15) is 18.0 Å². The molecule has 0 spiro atoms. The largest absolute Gasteiger partial charge is 0.417 e. The van der Waals surface area contributed by atoms with E-state index < -0.39 is 17.6 Å². The summed E-state index contributed by atoms with van der Waals surface area (Å²) in [5, 5.41) is 7.09. The van der Waals surface area contributed by atoms with Crippen molar-refractivity contribution in [1.82, 2.24) is 15.1 Å². The van der Waals surface area contributed by atoms with Gasteiger partial charge in [-0.05, 0) is 38.0 Å². The van der Waals surface area contributed by atoms with E-state index in [0.717, 1.165) is 30.3 Å². The number of benzene rings is 1. The number of nitrogens with one attached hydrogen (secondary N) is 1. The highest BCUT2D eigenvalue weighted by atomic mass is 19.4. The lowest BCUT2D eigenvalue weighted by Crippen LogP contribution is -2.40. The van der Waals surface area contributed by atoms with E-state index in [-0.39, 0.29) is 11.5 Å². The zero-order chi connectivity index (χ0) is 17.3. The Bertz CT molecular complexity index is 739. The molecule has 2 aromatic rings. The number of amides is 1. The van der Waals surface area contributed by atoms with Crippen LogP contribution < -0.4 is 0 Å². The first-order valence-electron chi connectivity index (χ1n) is 7.83. The third-order valence-electron chi connectivity index (χ3n) is 4.32. The molecule has 1 fully saturated rings. The van der Waals surface area contributed by atoms with Gasteiger partial charge in [-0.2, -0.15) is 18.3 Å². The van der Waals surface area contributed by atoms with Crippen molar-refractivity contribution < 1.29 is 18.0 Å². The number of alkyl halides is 3. The van der Waals surface area contributed by atoms with Crippen LogP contribution in [-0.4, -0.2) is 34.1 Å². The Morgan fingerprint density at radius 2 is 2.08 bits per heavy atom. The number of aromatic nitrogens is 2. The van der Waals surface area contributed by atoms with Crippen LogP contribution in [0.3, 0.4) is 0 Å². The topological polar surface area (TPSA) is 49.0 Å². The zero-order valence-electron chi connectivity index (χ0n) is 13.2. The van der Waals surface area contributed by atoms with Crippen molar-refractivity contribution in [1.29, 1.82) is 0 Å². The molecule has 2 heterocycles. The molecule has 24 heavy (non-hydrogen) atoms. The summed E-state index contributed by atoms with van der Waals surface area (Å²) >= 11 is 0. The van der Waals surface area contributed by atoms with E-state index in [0.29, 0.717) is 13.1 Å². The molecule has 0 unspecified atom stereocenters. The molecule has 7 heteroatoms. The number of carbonyl (C=O) groups excluding carboxylic acids is 1. The van der Waals surface area contributed by atoms with Crippen molar-refractivity contribution in [3.63, 3.8) is 0 Å². The molecule has 4 nitrogen and oxygen atoms in total. The van der Waals surface area contributed by atoms with Crippen LogP contribution in [0.5, 0.6) is 0 Å². The molecule has 1 aromatic carbocycles. The summed E-state index contributed by atoms with van der Waals surface area (Å²) in [5.41, 5.74) is 0.613. The van der Waals surface area contributed by atoms with E-state index in [1.54, 1.807) is 0 Å². The highest BCUT2D eigenvalue weighted by Crippen LogP contribution is 2.33. The fraction of sp³-hybridized carbons (Fsp3) is 0.412. The second-order valence-electron chi connectivity index (χ2n) is 6.11. The van der Waals surface area contributed by atoms with Crippen LogP contribution in [0.4, 0.5) is 13.2 Å². The Morgan fingerprint density at radius 3 is 2.75 bits per heavy atom. The number of H-pyrrole nitrogens is 1. The first kappa shape index (κ1) is 16.5. The van der Waals surface area contributed by atoms with E-state index in [4.69, 9.17) is 0 Å². The van der Waals surface area contributed by atoms with Gasteiger partial charge in [-0.15, -0.1) is 0 Å². The third-order valence-corrected chi connectivity index (χ3v) is 4.32. The average Bonchev–Trinajstić information content (AvgIpc) is 3.00. The molecule has 1 atom stereocenters. The van der Waals surface area contributed by atoms with Crippen LogP contribution in [0.1, 0.15) is 46.1 Å². The highest BCUT2D eigenvalue weighted by Gasteiger charge is 2.36. The van der Waals surface area contributed by atoms with Crippen LogP contribution in [0.25, 0.3) is 0 Å². The molecule has 3 rings (SSSR count). The summed E-state index contributed by atoms with van der Waals surface area (Å²) in [6.07, 6.45) is -2.92. The van der Waals surface area contributed by atoms with Crippen LogP contribution >= 0.6 is 0 Å². The summed E-state index contributed by atoms with van der Waals surface area (Å²) in [4.78, 5) is 14.1. The van der Waals surface area contributed by atoms with Gasteiger partial charge in [0.1, 0.15) is 0 Å². The van der Waals surface area contributed by atoms with Gasteiger partial charge in [-0.25, -0.2) is 0 Å². The van der Waals surface area contributed by atoms with Crippen molar-refractivity contribution in [2.45, 2.75) is 31.9 Å². The molecule has 0 radical (unpaired) electrons. The minimum atomic E-state index is -4.54. The van der Waals surface area contributed by atoms with Gasteiger partial charge in [0, 0.05) is 24.7 Å². The lowest BCUT2D eigenvalue weighted by molar-refractivity contribution is -0.138. The van der Waals surface area contributed by atoms with Gasteiger partial charge >= 0.3 is 6.18 Å². The number of aryl methyl sites for hydroxylation is 1. The molecule has 1 amide bonds. The number of rotatable bonds is 2. The van der Waals surface area contributed by atoms with Gasteiger partial charge in [0.05, 0.1) is 16.8 Å².